The smallest absolute Gasteiger partial charge is 0.294 e. The Bertz CT molecular complexity index is 667. The lowest BCUT2D eigenvalue weighted by atomic mass is 10.2. The molecule has 0 aliphatic rings. The minimum atomic E-state index is -4.17. The molecule has 1 aromatic carbocycles. The van der Waals surface area contributed by atoms with Crippen molar-refractivity contribution in [3.8, 4) is 0 Å². The highest BCUT2D eigenvalue weighted by Crippen LogP contribution is 2.10. The maximum atomic E-state index is 11.2. The van der Waals surface area contributed by atoms with Crippen molar-refractivity contribution in [2.75, 3.05) is 0 Å². The van der Waals surface area contributed by atoms with Gasteiger partial charge in [-0.25, -0.2) is 4.68 Å². The van der Waals surface area contributed by atoms with Gasteiger partial charge in [0.05, 0.1) is 11.4 Å². The van der Waals surface area contributed by atoms with Gasteiger partial charge in [-0.2, -0.15) is 8.42 Å². The number of aromatic amines is 1. The lowest BCUT2D eigenvalue weighted by Gasteiger charge is -2.03. The van der Waals surface area contributed by atoms with Crippen LogP contribution in [0.15, 0.2) is 46.2 Å². The minimum Gasteiger partial charge on any atom is -0.303 e. The van der Waals surface area contributed by atoms with Crippen molar-refractivity contribution in [1.29, 1.82) is 0 Å². The Kier molecular flexibility index (Phi) is 2.86. The van der Waals surface area contributed by atoms with Crippen LogP contribution in [-0.4, -0.2) is 22.8 Å². The third-order valence-corrected chi connectivity index (χ3v) is 3.15. The van der Waals surface area contributed by atoms with Crippen LogP contribution < -0.4 is 5.56 Å². The first-order valence-corrected chi connectivity index (χ1v) is 6.21. The topological polar surface area (TPSA) is 92.2 Å². The molecule has 6 nitrogen and oxygen atoms in total. The van der Waals surface area contributed by atoms with Crippen molar-refractivity contribution in [2.45, 2.75) is 11.4 Å². The molecular formula is C10H10N2O4S. The molecule has 0 aliphatic carbocycles. The van der Waals surface area contributed by atoms with E-state index in [-0.39, 0.29) is 10.5 Å². The van der Waals surface area contributed by atoms with Crippen molar-refractivity contribution in [3.05, 3.63) is 52.4 Å². The molecule has 0 amide bonds. The number of benzene rings is 1. The molecule has 0 spiro atoms. The highest BCUT2D eigenvalue weighted by Gasteiger charge is 2.08. The summed E-state index contributed by atoms with van der Waals surface area (Å²) in [6.45, 7) is 0.317. The van der Waals surface area contributed by atoms with Gasteiger partial charge in [-0.3, -0.25) is 9.35 Å². The molecule has 2 aromatic rings. The molecule has 2 N–H and O–H groups in total. The van der Waals surface area contributed by atoms with Crippen LogP contribution in [0.25, 0.3) is 0 Å². The highest BCUT2D eigenvalue weighted by atomic mass is 32.2. The number of nitrogens with one attached hydrogen (secondary N) is 1. The molecule has 0 unspecified atom stereocenters. The van der Waals surface area contributed by atoms with E-state index in [9.17, 15) is 13.2 Å². The third-order valence-electron chi connectivity index (χ3n) is 2.28. The van der Waals surface area contributed by atoms with Gasteiger partial charge in [-0.15, -0.1) is 0 Å². The van der Waals surface area contributed by atoms with E-state index in [4.69, 9.17) is 4.55 Å². The first-order valence-electron chi connectivity index (χ1n) is 4.77. The average Bonchev–Trinajstić information content (AvgIpc) is 2.64. The zero-order valence-electron chi connectivity index (χ0n) is 8.70. The summed E-state index contributed by atoms with van der Waals surface area (Å²) in [5.74, 6) is 0. The molecule has 0 radical (unpaired) electrons. The van der Waals surface area contributed by atoms with E-state index in [2.05, 4.69) is 5.10 Å². The lowest BCUT2D eigenvalue weighted by Crippen LogP contribution is -2.16. The van der Waals surface area contributed by atoms with Crippen LogP contribution in [0.2, 0.25) is 0 Å². The summed E-state index contributed by atoms with van der Waals surface area (Å²) < 4.78 is 31.8. The third kappa shape index (κ3) is 2.63. The Labute approximate surface area is 97.3 Å². The van der Waals surface area contributed by atoms with Gasteiger partial charge in [0, 0.05) is 12.3 Å². The Hall–Kier alpha value is -1.86. The predicted molar refractivity (Wildman–Crippen MR) is 60.4 cm³/mol. The molecule has 0 saturated carbocycles. The standard InChI is InChI=1S/C10H10N2O4S/c13-10-5-6-11-12(10)7-8-1-3-9(4-2-8)17(14,15)16/h1-6,11H,7H2,(H,14,15,16). The van der Waals surface area contributed by atoms with Gasteiger partial charge >= 0.3 is 0 Å². The van der Waals surface area contributed by atoms with E-state index >= 15 is 0 Å². The van der Waals surface area contributed by atoms with E-state index in [1.54, 1.807) is 0 Å². The Morgan fingerprint density at radius 3 is 2.29 bits per heavy atom. The van der Waals surface area contributed by atoms with E-state index in [0.717, 1.165) is 5.56 Å². The van der Waals surface area contributed by atoms with E-state index < -0.39 is 10.1 Å². The summed E-state index contributed by atoms with van der Waals surface area (Å²) in [5, 5.41) is 2.74. The predicted octanol–water partition coefficient (Wildman–Crippen LogP) is 0.471. The number of H-pyrrole nitrogens is 1. The fraction of sp³-hybridized carbons (Fsp3) is 0.100. The van der Waals surface area contributed by atoms with Gasteiger partial charge in [-0.05, 0) is 17.7 Å². The fourth-order valence-electron chi connectivity index (χ4n) is 1.43. The van der Waals surface area contributed by atoms with Crippen LogP contribution in [0.4, 0.5) is 0 Å². The van der Waals surface area contributed by atoms with Gasteiger partial charge in [-0.1, -0.05) is 12.1 Å². The highest BCUT2D eigenvalue weighted by molar-refractivity contribution is 7.85. The van der Waals surface area contributed by atoms with Crippen molar-refractivity contribution in [3.63, 3.8) is 0 Å². The molecule has 0 bridgehead atoms. The van der Waals surface area contributed by atoms with E-state index in [1.165, 1.54) is 41.2 Å². The molecule has 0 atom stereocenters. The number of hydrogen-bond acceptors (Lipinski definition) is 3. The fourth-order valence-corrected chi connectivity index (χ4v) is 1.91. The molecule has 0 aliphatic heterocycles. The number of nitrogens with zero attached hydrogens (tertiary/aromatic N) is 1. The second-order valence-corrected chi connectivity index (χ2v) is 4.93. The van der Waals surface area contributed by atoms with E-state index in [1.807, 2.05) is 0 Å². The second kappa shape index (κ2) is 4.19. The van der Waals surface area contributed by atoms with Crippen molar-refractivity contribution in [2.24, 2.45) is 0 Å². The van der Waals surface area contributed by atoms with Gasteiger partial charge in [0.2, 0.25) is 0 Å². The zero-order chi connectivity index (χ0) is 12.5. The van der Waals surface area contributed by atoms with Crippen LogP contribution in [0, 0.1) is 0 Å². The molecular weight excluding hydrogens is 244 g/mol. The first kappa shape index (κ1) is 11.6. The average molecular weight is 254 g/mol. The molecule has 1 heterocycles. The number of hydrogen-bond donors (Lipinski definition) is 2. The molecule has 0 saturated heterocycles. The lowest BCUT2D eigenvalue weighted by molar-refractivity contribution is 0.483. The Balaban J connectivity index is 2.26. The summed E-state index contributed by atoms with van der Waals surface area (Å²) in [4.78, 5) is 11.1. The van der Waals surface area contributed by atoms with Crippen LogP contribution in [0.1, 0.15) is 5.56 Å². The number of aromatic nitrogens is 2. The molecule has 0 fully saturated rings. The van der Waals surface area contributed by atoms with E-state index in [0.29, 0.717) is 6.54 Å². The Morgan fingerprint density at radius 1 is 1.18 bits per heavy atom. The zero-order valence-corrected chi connectivity index (χ0v) is 9.52. The first-order chi connectivity index (χ1) is 7.97. The summed E-state index contributed by atoms with van der Waals surface area (Å²) >= 11 is 0. The van der Waals surface area contributed by atoms with Crippen molar-refractivity contribution >= 4 is 10.1 Å². The van der Waals surface area contributed by atoms with Gasteiger partial charge < -0.3 is 5.10 Å². The van der Waals surface area contributed by atoms with Gasteiger partial charge in [0.15, 0.2) is 0 Å². The van der Waals surface area contributed by atoms with Crippen molar-refractivity contribution in [1.82, 2.24) is 9.78 Å². The maximum Gasteiger partial charge on any atom is 0.294 e. The molecule has 7 heteroatoms. The van der Waals surface area contributed by atoms with Crippen LogP contribution in [-0.2, 0) is 16.7 Å². The Morgan fingerprint density at radius 2 is 1.82 bits per heavy atom. The molecule has 17 heavy (non-hydrogen) atoms. The maximum absolute atomic E-state index is 11.2. The summed E-state index contributed by atoms with van der Waals surface area (Å²) in [5.41, 5.74) is 0.589. The molecule has 1 aromatic heterocycles. The van der Waals surface area contributed by atoms with Crippen LogP contribution >= 0.6 is 0 Å². The monoisotopic (exact) mass is 254 g/mol. The van der Waals surface area contributed by atoms with Crippen LogP contribution in [0.5, 0.6) is 0 Å². The molecule has 90 valence electrons. The minimum absolute atomic E-state index is 0.163. The SMILES string of the molecule is O=c1cc[nH]n1Cc1ccc(S(=O)(=O)O)cc1. The summed E-state index contributed by atoms with van der Waals surface area (Å²) in [7, 11) is -4.17. The number of rotatable bonds is 3. The van der Waals surface area contributed by atoms with Gasteiger partial charge in [0.25, 0.3) is 15.7 Å². The second-order valence-electron chi connectivity index (χ2n) is 3.51. The summed E-state index contributed by atoms with van der Waals surface area (Å²) in [6, 6.07) is 7.05. The van der Waals surface area contributed by atoms with Crippen LogP contribution in [0.3, 0.4) is 0 Å². The van der Waals surface area contributed by atoms with Gasteiger partial charge in [0.1, 0.15) is 0 Å². The largest absolute Gasteiger partial charge is 0.303 e. The van der Waals surface area contributed by atoms with Crippen molar-refractivity contribution < 1.29 is 13.0 Å². The quantitative estimate of drug-likeness (QED) is 0.779. The normalized spacial score (nSPS) is 11.6. The molecule has 2 rings (SSSR count). The summed E-state index contributed by atoms with van der Waals surface area (Å²) in [6.07, 6.45) is 1.52.